The van der Waals surface area contributed by atoms with Crippen LogP contribution in [0.5, 0.6) is 0 Å². The van der Waals surface area contributed by atoms with Gasteiger partial charge in [-0.05, 0) is 18.6 Å². The lowest BCUT2D eigenvalue weighted by molar-refractivity contribution is -0.140. The van der Waals surface area contributed by atoms with E-state index in [0.717, 1.165) is 11.3 Å². The molecule has 1 rings (SSSR count). The lowest BCUT2D eigenvalue weighted by atomic mass is 10.2. The molecule has 0 radical (unpaired) electrons. The van der Waals surface area contributed by atoms with Gasteiger partial charge in [0.05, 0.1) is 13.5 Å². The maximum atomic E-state index is 10.8. The van der Waals surface area contributed by atoms with Crippen LogP contribution in [0.3, 0.4) is 0 Å². The first-order valence-electron chi connectivity index (χ1n) is 4.45. The predicted molar refractivity (Wildman–Crippen MR) is 54.1 cm³/mol. The molecule has 0 aliphatic rings. The van der Waals surface area contributed by atoms with E-state index < -0.39 is 0 Å². The number of anilines is 1. The van der Waals surface area contributed by atoms with Gasteiger partial charge in [0.25, 0.3) is 0 Å². The van der Waals surface area contributed by atoms with Crippen LogP contribution in [0.4, 0.5) is 5.69 Å². The number of nitrogens with one attached hydrogen (secondary N) is 1. The number of aryl methyl sites for hydroxylation is 1. The molecule has 0 aliphatic heterocycles. The van der Waals surface area contributed by atoms with E-state index in [9.17, 15) is 4.79 Å². The molecule has 0 fully saturated rings. The summed E-state index contributed by atoms with van der Waals surface area (Å²) in [6, 6.07) is 1.88. The standard InChI is InChI=1S/C10H14N2O2/c1-8-7-11-5-3-9(8)12-6-4-10(13)14-2/h3,5,7H,4,6H2,1-2H3,(H,11,12). The van der Waals surface area contributed by atoms with Gasteiger partial charge >= 0.3 is 5.97 Å². The summed E-state index contributed by atoms with van der Waals surface area (Å²) in [5, 5.41) is 3.14. The summed E-state index contributed by atoms with van der Waals surface area (Å²) >= 11 is 0. The first-order chi connectivity index (χ1) is 6.74. The van der Waals surface area contributed by atoms with Crippen molar-refractivity contribution in [2.75, 3.05) is 19.0 Å². The van der Waals surface area contributed by atoms with Crippen LogP contribution in [-0.2, 0) is 9.53 Å². The minimum absolute atomic E-state index is 0.204. The van der Waals surface area contributed by atoms with Crippen molar-refractivity contribution in [1.82, 2.24) is 4.98 Å². The fourth-order valence-corrected chi connectivity index (χ4v) is 1.07. The number of carbonyl (C=O) groups excluding carboxylic acids is 1. The number of ether oxygens (including phenoxy) is 1. The van der Waals surface area contributed by atoms with E-state index in [4.69, 9.17) is 0 Å². The molecule has 0 aliphatic carbocycles. The quantitative estimate of drug-likeness (QED) is 0.735. The molecule has 1 aromatic rings. The molecule has 1 aromatic heterocycles. The zero-order valence-electron chi connectivity index (χ0n) is 8.41. The van der Waals surface area contributed by atoms with Crippen LogP contribution in [-0.4, -0.2) is 24.6 Å². The maximum absolute atomic E-state index is 10.8. The van der Waals surface area contributed by atoms with Gasteiger partial charge < -0.3 is 10.1 Å². The molecule has 0 aromatic carbocycles. The fraction of sp³-hybridized carbons (Fsp3) is 0.400. The van der Waals surface area contributed by atoms with Crippen LogP contribution in [0.2, 0.25) is 0 Å². The van der Waals surface area contributed by atoms with E-state index in [0.29, 0.717) is 13.0 Å². The highest BCUT2D eigenvalue weighted by atomic mass is 16.5. The monoisotopic (exact) mass is 194 g/mol. The van der Waals surface area contributed by atoms with Crippen molar-refractivity contribution in [3.05, 3.63) is 24.0 Å². The highest BCUT2D eigenvalue weighted by molar-refractivity contribution is 5.69. The van der Waals surface area contributed by atoms with Crippen molar-refractivity contribution in [2.45, 2.75) is 13.3 Å². The first kappa shape index (κ1) is 10.5. The Morgan fingerprint density at radius 1 is 1.64 bits per heavy atom. The maximum Gasteiger partial charge on any atom is 0.307 e. The van der Waals surface area contributed by atoms with Crippen molar-refractivity contribution < 1.29 is 9.53 Å². The topological polar surface area (TPSA) is 51.2 Å². The van der Waals surface area contributed by atoms with Gasteiger partial charge in [0.2, 0.25) is 0 Å². The summed E-state index contributed by atoms with van der Waals surface area (Å²) in [5.41, 5.74) is 2.07. The highest BCUT2D eigenvalue weighted by Gasteiger charge is 2.00. The van der Waals surface area contributed by atoms with Gasteiger partial charge in [0.15, 0.2) is 0 Å². The normalized spacial score (nSPS) is 9.57. The summed E-state index contributed by atoms with van der Waals surface area (Å²) in [6.07, 6.45) is 3.87. The zero-order valence-corrected chi connectivity index (χ0v) is 8.41. The Hall–Kier alpha value is -1.58. The molecule has 0 unspecified atom stereocenters. The Bertz CT molecular complexity index is 313. The molecule has 76 valence electrons. The fourth-order valence-electron chi connectivity index (χ4n) is 1.07. The second-order valence-electron chi connectivity index (χ2n) is 2.94. The van der Waals surface area contributed by atoms with Crippen molar-refractivity contribution >= 4 is 11.7 Å². The number of aromatic nitrogens is 1. The van der Waals surface area contributed by atoms with Crippen LogP contribution in [0.15, 0.2) is 18.5 Å². The number of carbonyl (C=O) groups is 1. The van der Waals surface area contributed by atoms with E-state index in [2.05, 4.69) is 15.0 Å². The van der Waals surface area contributed by atoms with Crippen LogP contribution < -0.4 is 5.32 Å². The van der Waals surface area contributed by atoms with Gasteiger partial charge in [0, 0.05) is 24.6 Å². The number of methoxy groups -OCH3 is 1. The number of esters is 1. The second kappa shape index (κ2) is 5.21. The van der Waals surface area contributed by atoms with Gasteiger partial charge in [-0.2, -0.15) is 0 Å². The Morgan fingerprint density at radius 3 is 3.07 bits per heavy atom. The largest absolute Gasteiger partial charge is 0.469 e. The number of nitrogens with zero attached hydrogens (tertiary/aromatic N) is 1. The van der Waals surface area contributed by atoms with Gasteiger partial charge in [0.1, 0.15) is 0 Å². The molecule has 0 saturated carbocycles. The number of hydrogen-bond acceptors (Lipinski definition) is 4. The van der Waals surface area contributed by atoms with Crippen LogP contribution >= 0.6 is 0 Å². The minimum Gasteiger partial charge on any atom is -0.469 e. The molecule has 0 amide bonds. The van der Waals surface area contributed by atoms with Gasteiger partial charge in [-0.1, -0.05) is 0 Å². The second-order valence-corrected chi connectivity index (χ2v) is 2.94. The van der Waals surface area contributed by atoms with Crippen LogP contribution in [0, 0.1) is 6.92 Å². The Kier molecular flexibility index (Phi) is 3.91. The third-order valence-electron chi connectivity index (χ3n) is 1.89. The minimum atomic E-state index is -0.204. The molecule has 1 heterocycles. The van der Waals surface area contributed by atoms with E-state index in [1.807, 2.05) is 13.0 Å². The number of rotatable bonds is 4. The molecule has 0 atom stereocenters. The zero-order chi connectivity index (χ0) is 10.4. The Balaban J connectivity index is 2.39. The summed E-state index contributed by atoms with van der Waals surface area (Å²) in [4.78, 5) is 14.8. The average Bonchev–Trinajstić information content (AvgIpc) is 2.20. The smallest absolute Gasteiger partial charge is 0.307 e. The molecule has 0 saturated heterocycles. The van der Waals surface area contributed by atoms with Crippen molar-refractivity contribution in [3.63, 3.8) is 0 Å². The molecule has 14 heavy (non-hydrogen) atoms. The van der Waals surface area contributed by atoms with E-state index >= 15 is 0 Å². The van der Waals surface area contributed by atoms with E-state index in [1.165, 1.54) is 7.11 Å². The van der Waals surface area contributed by atoms with Crippen molar-refractivity contribution in [2.24, 2.45) is 0 Å². The highest BCUT2D eigenvalue weighted by Crippen LogP contribution is 2.10. The summed E-state index contributed by atoms with van der Waals surface area (Å²) in [6.45, 7) is 2.55. The molecule has 4 nitrogen and oxygen atoms in total. The van der Waals surface area contributed by atoms with Crippen LogP contribution in [0.1, 0.15) is 12.0 Å². The van der Waals surface area contributed by atoms with Gasteiger partial charge in [-0.25, -0.2) is 0 Å². The van der Waals surface area contributed by atoms with E-state index in [-0.39, 0.29) is 5.97 Å². The SMILES string of the molecule is COC(=O)CCNc1ccncc1C. The predicted octanol–water partition coefficient (Wildman–Crippen LogP) is 1.37. The summed E-state index contributed by atoms with van der Waals surface area (Å²) in [7, 11) is 1.39. The van der Waals surface area contributed by atoms with Crippen molar-refractivity contribution in [3.8, 4) is 0 Å². The third-order valence-corrected chi connectivity index (χ3v) is 1.89. The average molecular weight is 194 g/mol. The number of hydrogen-bond donors (Lipinski definition) is 1. The molecule has 0 spiro atoms. The van der Waals surface area contributed by atoms with Gasteiger partial charge in [-0.15, -0.1) is 0 Å². The van der Waals surface area contributed by atoms with Crippen LogP contribution in [0.25, 0.3) is 0 Å². The third kappa shape index (κ3) is 3.05. The summed E-state index contributed by atoms with van der Waals surface area (Å²) < 4.78 is 4.53. The Labute approximate surface area is 83.3 Å². The Morgan fingerprint density at radius 2 is 2.43 bits per heavy atom. The van der Waals surface area contributed by atoms with Crippen molar-refractivity contribution in [1.29, 1.82) is 0 Å². The first-order valence-corrected chi connectivity index (χ1v) is 4.45. The lowest BCUT2D eigenvalue weighted by Crippen LogP contribution is -2.10. The number of pyridine rings is 1. The summed E-state index contributed by atoms with van der Waals surface area (Å²) in [5.74, 6) is -0.204. The molecular weight excluding hydrogens is 180 g/mol. The lowest BCUT2D eigenvalue weighted by Gasteiger charge is -2.07. The molecule has 0 bridgehead atoms. The molecule has 4 heteroatoms. The molecule has 1 N–H and O–H groups in total. The van der Waals surface area contributed by atoms with Gasteiger partial charge in [-0.3, -0.25) is 9.78 Å². The van der Waals surface area contributed by atoms with E-state index in [1.54, 1.807) is 12.4 Å². The molecular formula is C10H14N2O2.